The minimum absolute atomic E-state index is 0.301. The van der Waals surface area contributed by atoms with Gasteiger partial charge in [0.15, 0.2) is 0 Å². The Bertz CT molecular complexity index is 933. The van der Waals surface area contributed by atoms with E-state index in [2.05, 4.69) is 19.2 Å². The van der Waals surface area contributed by atoms with Gasteiger partial charge in [0.1, 0.15) is 6.04 Å². The molecule has 2 saturated heterocycles. The Hall–Kier alpha value is -2.96. The summed E-state index contributed by atoms with van der Waals surface area (Å²) in [5.74, 6) is -0.109. The molecule has 33 heavy (non-hydrogen) atoms. The van der Waals surface area contributed by atoms with Crippen LogP contribution in [0, 0.1) is 22.7 Å². The molecule has 3 N–H and O–H groups in total. The van der Waals surface area contributed by atoms with Crippen molar-refractivity contribution in [1.82, 2.24) is 10.2 Å². The Morgan fingerprint density at radius 1 is 1.30 bits per heavy atom. The Balaban J connectivity index is 1.70. The molecule has 10 heteroatoms. The van der Waals surface area contributed by atoms with Gasteiger partial charge in [-0.25, -0.2) is 4.79 Å². The number of nitrogens with one attached hydrogen (secondary N) is 1. The van der Waals surface area contributed by atoms with E-state index in [4.69, 9.17) is 11.0 Å². The summed E-state index contributed by atoms with van der Waals surface area (Å²) < 4.78 is 40.0. The maximum absolute atomic E-state index is 13.3. The second-order valence-electron chi connectivity index (χ2n) is 9.49. The predicted octanol–water partition coefficient (Wildman–Crippen LogP) is 3.48. The minimum Gasteiger partial charge on any atom is -0.371 e. The zero-order valence-corrected chi connectivity index (χ0v) is 18.9. The van der Waals surface area contributed by atoms with Crippen LogP contribution in [0.1, 0.15) is 50.7 Å². The molecule has 3 amide bonds. The summed E-state index contributed by atoms with van der Waals surface area (Å²) in [6, 6.07) is 4.35. The number of carbonyl (C=O) groups excluding carboxylic acids is 2. The van der Waals surface area contributed by atoms with Crippen molar-refractivity contribution in [3.8, 4) is 6.07 Å². The Labute approximate surface area is 191 Å². The highest BCUT2D eigenvalue weighted by Crippen LogP contribution is 2.44. The number of nitrogens with zero attached hydrogens (tertiary/aromatic N) is 3. The third-order valence-electron chi connectivity index (χ3n) is 6.71. The lowest BCUT2D eigenvalue weighted by Crippen LogP contribution is -2.49. The SMILES string of the molecule is CC(C)CCNC(=O)N1CC2(CCN(c3ccc(C#N)c(C(F)(F)F)c3)CC2)CC1C(N)=O. The second-order valence-corrected chi connectivity index (χ2v) is 9.49. The van der Waals surface area contributed by atoms with Gasteiger partial charge >= 0.3 is 12.2 Å². The molecule has 2 heterocycles. The number of alkyl halides is 3. The average molecular weight is 466 g/mol. The van der Waals surface area contributed by atoms with Gasteiger partial charge < -0.3 is 20.9 Å². The number of likely N-dealkylation sites (tertiary alicyclic amines) is 1. The summed E-state index contributed by atoms with van der Waals surface area (Å²) >= 11 is 0. The molecule has 0 saturated carbocycles. The Kier molecular flexibility index (Phi) is 7.10. The van der Waals surface area contributed by atoms with Gasteiger partial charge in [0.2, 0.25) is 5.91 Å². The van der Waals surface area contributed by atoms with Crippen molar-refractivity contribution in [2.45, 2.75) is 51.7 Å². The summed E-state index contributed by atoms with van der Waals surface area (Å²) in [6.45, 7) is 5.99. The number of benzene rings is 1. The second kappa shape index (κ2) is 9.49. The monoisotopic (exact) mass is 465 g/mol. The molecule has 1 unspecified atom stereocenters. The van der Waals surface area contributed by atoms with Crippen molar-refractivity contribution >= 4 is 17.6 Å². The molecular formula is C23H30F3N5O2. The summed E-state index contributed by atoms with van der Waals surface area (Å²) in [5.41, 5.74) is 4.35. The lowest BCUT2D eigenvalue weighted by molar-refractivity contribution is -0.137. The first-order chi connectivity index (χ1) is 15.5. The van der Waals surface area contributed by atoms with E-state index in [1.807, 2.05) is 4.90 Å². The van der Waals surface area contributed by atoms with E-state index in [9.17, 15) is 22.8 Å². The molecule has 2 aliphatic rings. The highest BCUT2D eigenvalue weighted by molar-refractivity contribution is 5.86. The number of primary amides is 1. The van der Waals surface area contributed by atoms with E-state index in [-0.39, 0.29) is 11.4 Å². The Morgan fingerprint density at radius 3 is 2.52 bits per heavy atom. The fourth-order valence-corrected chi connectivity index (χ4v) is 4.76. The molecule has 0 bridgehead atoms. The fraction of sp³-hybridized carbons (Fsp3) is 0.609. The third kappa shape index (κ3) is 5.52. The van der Waals surface area contributed by atoms with Crippen LogP contribution in [0.3, 0.4) is 0 Å². The molecular weight excluding hydrogens is 435 g/mol. The topological polar surface area (TPSA) is 102 Å². The van der Waals surface area contributed by atoms with E-state index in [1.54, 1.807) is 6.07 Å². The zero-order chi connectivity index (χ0) is 24.4. The van der Waals surface area contributed by atoms with E-state index >= 15 is 0 Å². The molecule has 3 rings (SSSR count). The van der Waals surface area contributed by atoms with Gasteiger partial charge in [-0.05, 0) is 55.2 Å². The standard InChI is InChI=1S/C23H30F3N5O2/c1-15(2)5-8-29-21(33)31-14-22(12-19(31)20(28)32)6-9-30(10-7-22)17-4-3-16(13-27)18(11-17)23(24,25)26/h3-4,11,15,19H,5-10,12,14H2,1-2H3,(H2,28,32)(H,29,33). The van der Waals surface area contributed by atoms with Crippen molar-refractivity contribution in [3.05, 3.63) is 29.3 Å². The number of amides is 3. The molecule has 7 nitrogen and oxygen atoms in total. The van der Waals surface area contributed by atoms with Crippen LogP contribution in [0.15, 0.2) is 18.2 Å². The maximum Gasteiger partial charge on any atom is 0.417 e. The van der Waals surface area contributed by atoms with E-state index in [0.717, 1.165) is 12.5 Å². The number of anilines is 1. The molecule has 1 atom stereocenters. The predicted molar refractivity (Wildman–Crippen MR) is 117 cm³/mol. The molecule has 0 aliphatic carbocycles. The van der Waals surface area contributed by atoms with E-state index in [0.29, 0.717) is 57.0 Å². The molecule has 2 aliphatic heterocycles. The number of rotatable bonds is 5. The summed E-state index contributed by atoms with van der Waals surface area (Å²) in [5, 5.41) is 11.9. The van der Waals surface area contributed by atoms with Crippen molar-refractivity contribution in [3.63, 3.8) is 0 Å². The van der Waals surface area contributed by atoms with Crippen LogP contribution < -0.4 is 16.0 Å². The molecule has 2 fully saturated rings. The van der Waals surface area contributed by atoms with Gasteiger partial charge in [-0.3, -0.25) is 4.79 Å². The van der Waals surface area contributed by atoms with Gasteiger partial charge in [0.05, 0.1) is 17.2 Å². The summed E-state index contributed by atoms with van der Waals surface area (Å²) in [6.07, 6.45) is -2.09. The number of halogens is 3. The lowest BCUT2D eigenvalue weighted by Gasteiger charge is -2.40. The highest BCUT2D eigenvalue weighted by Gasteiger charge is 2.49. The number of nitrogens with two attached hydrogens (primary N) is 1. The van der Waals surface area contributed by atoms with Crippen LogP contribution in [0.25, 0.3) is 0 Å². The number of nitriles is 1. The van der Waals surface area contributed by atoms with Gasteiger partial charge in [-0.15, -0.1) is 0 Å². The average Bonchev–Trinajstić information content (AvgIpc) is 3.12. The molecule has 1 aromatic rings. The van der Waals surface area contributed by atoms with Crippen LogP contribution in [0.4, 0.5) is 23.7 Å². The number of hydrogen-bond acceptors (Lipinski definition) is 4. The van der Waals surface area contributed by atoms with Crippen molar-refractivity contribution in [2.75, 3.05) is 31.1 Å². The van der Waals surface area contributed by atoms with Gasteiger partial charge in [-0.2, -0.15) is 18.4 Å². The van der Waals surface area contributed by atoms with E-state index < -0.39 is 29.3 Å². The molecule has 1 aromatic carbocycles. The van der Waals surface area contributed by atoms with Crippen molar-refractivity contribution in [1.29, 1.82) is 5.26 Å². The molecule has 1 spiro atoms. The molecule has 0 radical (unpaired) electrons. The number of urea groups is 1. The first kappa shape index (κ1) is 24.7. The highest BCUT2D eigenvalue weighted by atomic mass is 19.4. The largest absolute Gasteiger partial charge is 0.417 e. The summed E-state index contributed by atoms with van der Waals surface area (Å²) in [7, 11) is 0. The minimum atomic E-state index is -4.61. The third-order valence-corrected chi connectivity index (χ3v) is 6.71. The lowest BCUT2D eigenvalue weighted by atomic mass is 9.76. The van der Waals surface area contributed by atoms with Crippen LogP contribution in [-0.2, 0) is 11.0 Å². The van der Waals surface area contributed by atoms with Crippen LogP contribution in [0.2, 0.25) is 0 Å². The van der Waals surface area contributed by atoms with Crippen LogP contribution in [0.5, 0.6) is 0 Å². The van der Waals surface area contributed by atoms with Crippen LogP contribution in [-0.4, -0.2) is 49.1 Å². The van der Waals surface area contributed by atoms with Gasteiger partial charge in [0, 0.05) is 31.9 Å². The van der Waals surface area contributed by atoms with E-state index in [1.165, 1.54) is 17.0 Å². The quantitative estimate of drug-likeness (QED) is 0.695. The number of hydrogen-bond donors (Lipinski definition) is 2. The van der Waals surface area contributed by atoms with Crippen molar-refractivity contribution in [2.24, 2.45) is 17.1 Å². The first-order valence-corrected chi connectivity index (χ1v) is 11.2. The first-order valence-electron chi connectivity index (χ1n) is 11.2. The Morgan fingerprint density at radius 2 is 1.97 bits per heavy atom. The number of piperidine rings is 1. The summed E-state index contributed by atoms with van der Waals surface area (Å²) in [4.78, 5) is 28.1. The maximum atomic E-state index is 13.3. The van der Waals surface area contributed by atoms with Gasteiger partial charge in [-0.1, -0.05) is 13.8 Å². The van der Waals surface area contributed by atoms with Gasteiger partial charge in [0.25, 0.3) is 0 Å². The number of carbonyl (C=O) groups is 2. The molecule has 180 valence electrons. The fourth-order valence-electron chi connectivity index (χ4n) is 4.76. The zero-order valence-electron chi connectivity index (χ0n) is 18.9. The molecule has 0 aromatic heterocycles. The normalized spacial score (nSPS) is 20.2. The van der Waals surface area contributed by atoms with Crippen LogP contribution >= 0.6 is 0 Å². The smallest absolute Gasteiger partial charge is 0.371 e. The van der Waals surface area contributed by atoms with Crippen molar-refractivity contribution < 1.29 is 22.8 Å².